The van der Waals surface area contributed by atoms with Gasteiger partial charge in [0.15, 0.2) is 0 Å². The Morgan fingerprint density at radius 2 is 1.65 bits per heavy atom. The van der Waals surface area contributed by atoms with Crippen LogP contribution in [0.2, 0.25) is 0 Å². The third-order valence-electron chi connectivity index (χ3n) is 6.33. The van der Waals surface area contributed by atoms with E-state index in [1.165, 1.54) is 43.4 Å². The van der Waals surface area contributed by atoms with Crippen LogP contribution in [-0.2, 0) is 11.4 Å². The van der Waals surface area contributed by atoms with Crippen LogP contribution in [0.3, 0.4) is 0 Å². The Balaban J connectivity index is 1.41. The quantitative estimate of drug-likeness (QED) is 0.321. The number of hydrogen-bond acceptors (Lipinski definition) is 5. The molecule has 7 heteroatoms. The van der Waals surface area contributed by atoms with E-state index in [2.05, 4.69) is 22.5 Å². The Kier molecular flexibility index (Phi) is 11.4. The molecule has 6 nitrogen and oxygen atoms in total. The molecule has 1 aromatic carbocycles. The number of nitrogens with zero attached hydrogens (tertiary/aromatic N) is 1. The number of thiazole rings is 1. The zero-order chi connectivity index (χ0) is 24.0. The van der Waals surface area contributed by atoms with E-state index in [4.69, 9.17) is 4.74 Å². The van der Waals surface area contributed by atoms with E-state index in [0.29, 0.717) is 18.7 Å². The SMILES string of the molecule is CCCCCCCCCC(=O)N[C@H]1CCCC[C@H]1NC(=O)c1csc(COc2ccccc2)n1. The molecule has 3 rings (SSSR count). The number of carbonyl (C=O) groups is 2. The second-order valence-corrected chi connectivity index (χ2v) is 10.1. The fourth-order valence-electron chi connectivity index (χ4n) is 4.38. The zero-order valence-electron chi connectivity index (χ0n) is 20.4. The van der Waals surface area contributed by atoms with Crippen LogP contribution in [0.15, 0.2) is 35.7 Å². The Bertz CT molecular complexity index is 871. The van der Waals surface area contributed by atoms with Crippen molar-refractivity contribution in [3.05, 3.63) is 46.4 Å². The summed E-state index contributed by atoms with van der Waals surface area (Å²) >= 11 is 1.42. The molecular weight excluding hydrogens is 446 g/mol. The first-order chi connectivity index (χ1) is 16.7. The maximum Gasteiger partial charge on any atom is 0.271 e. The van der Waals surface area contributed by atoms with Crippen LogP contribution in [0.1, 0.15) is 99.5 Å². The number of aromatic nitrogens is 1. The molecule has 34 heavy (non-hydrogen) atoms. The van der Waals surface area contributed by atoms with Crippen molar-refractivity contribution in [2.45, 2.75) is 103 Å². The number of ether oxygens (including phenoxy) is 1. The van der Waals surface area contributed by atoms with Gasteiger partial charge in [-0.25, -0.2) is 4.98 Å². The molecule has 0 radical (unpaired) electrons. The zero-order valence-corrected chi connectivity index (χ0v) is 21.2. The highest BCUT2D eigenvalue weighted by Crippen LogP contribution is 2.20. The molecule has 0 unspecified atom stereocenters. The number of para-hydroxylation sites is 1. The second-order valence-electron chi connectivity index (χ2n) is 9.14. The fourth-order valence-corrected chi connectivity index (χ4v) is 5.07. The van der Waals surface area contributed by atoms with Crippen molar-refractivity contribution < 1.29 is 14.3 Å². The molecule has 1 aliphatic carbocycles. The van der Waals surface area contributed by atoms with E-state index in [9.17, 15) is 9.59 Å². The highest BCUT2D eigenvalue weighted by atomic mass is 32.1. The van der Waals surface area contributed by atoms with Crippen LogP contribution in [0.25, 0.3) is 0 Å². The molecule has 1 fully saturated rings. The molecule has 1 saturated carbocycles. The highest BCUT2D eigenvalue weighted by Gasteiger charge is 2.28. The van der Waals surface area contributed by atoms with Gasteiger partial charge < -0.3 is 15.4 Å². The van der Waals surface area contributed by atoms with Gasteiger partial charge in [0.05, 0.1) is 0 Å². The van der Waals surface area contributed by atoms with Crippen molar-refractivity contribution in [1.82, 2.24) is 15.6 Å². The summed E-state index contributed by atoms with van der Waals surface area (Å²) < 4.78 is 5.73. The van der Waals surface area contributed by atoms with Crippen molar-refractivity contribution in [1.29, 1.82) is 0 Å². The molecule has 2 N–H and O–H groups in total. The van der Waals surface area contributed by atoms with Crippen molar-refractivity contribution >= 4 is 23.2 Å². The first kappa shape index (κ1) is 26.2. The van der Waals surface area contributed by atoms with Crippen LogP contribution in [0, 0.1) is 0 Å². The van der Waals surface area contributed by atoms with Crippen molar-refractivity contribution in [2.75, 3.05) is 0 Å². The Morgan fingerprint density at radius 3 is 2.38 bits per heavy atom. The van der Waals surface area contributed by atoms with Crippen LogP contribution >= 0.6 is 11.3 Å². The average molecular weight is 486 g/mol. The van der Waals surface area contributed by atoms with E-state index in [1.54, 1.807) is 5.38 Å². The lowest BCUT2D eigenvalue weighted by molar-refractivity contribution is -0.122. The number of rotatable bonds is 14. The lowest BCUT2D eigenvalue weighted by Gasteiger charge is -2.32. The Hall–Kier alpha value is -2.41. The summed E-state index contributed by atoms with van der Waals surface area (Å²) in [5.41, 5.74) is 0.412. The number of carbonyl (C=O) groups excluding carboxylic acids is 2. The van der Waals surface area contributed by atoms with Gasteiger partial charge in [-0.1, -0.05) is 76.5 Å². The Labute approximate surface area is 207 Å². The van der Waals surface area contributed by atoms with Gasteiger partial charge in [-0.3, -0.25) is 9.59 Å². The number of hydrogen-bond donors (Lipinski definition) is 2. The van der Waals surface area contributed by atoms with Gasteiger partial charge in [0.1, 0.15) is 23.1 Å². The standard InChI is InChI=1S/C27H39N3O3S/c1-2-3-4-5-6-7-11-18-25(31)28-22-16-12-13-17-23(22)30-27(32)24-20-34-26(29-24)19-33-21-14-9-8-10-15-21/h8-10,14-15,20,22-23H,2-7,11-13,16-19H2,1H3,(H,28,31)(H,30,32)/t22-,23+/m0/s1. The highest BCUT2D eigenvalue weighted by molar-refractivity contribution is 7.09. The molecule has 0 saturated heterocycles. The van der Waals surface area contributed by atoms with Crippen LogP contribution in [0.4, 0.5) is 0 Å². The van der Waals surface area contributed by atoms with E-state index in [1.807, 2.05) is 30.3 Å². The summed E-state index contributed by atoms with van der Waals surface area (Å²) in [6.45, 7) is 2.56. The molecular formula is C27H39N3O3S. The number of unbranched alkanes of at least 4 members (excludes halogenated alkanes) is 6. The summed E-state index contributed by atoms with van der Waals surface area (Å²) in [5, 5.41) is 8.85. The second kappa shape index (κ2) is 14.8. The molecule has 0 aliphatic heterocycles. The van der Waals surface area contributed by atoms with E-state index < -0.39 is 0 Å². The van der Waals surface area contributed by atoms with Gasteiger partial charge in [0, 0.05) is 23.9 Å². The summed E-state index contributed by atoms with van der Waals surface area (Å²) in [7, 11) is 0. The lowest BCUT2D eigenvalue weighted by Crippen LogP contribution is -2.53. The van der Waals surface area contributed by atoms with Crippen LogP contribution in [0.5, 0.6) is 5.75 Å². The Morgan fingerprint density at radius 1 is 0.971 bits per heavy atom. The van der Waals surface area contributed by atoms with Crippen molar-refractivity contribution in [3.63, 3.8) is 0 Å². The van der Waals surface area contributed by atoms with E-state index >= 15 is 0 Å². The minimum Gasteiger partial charge on any atom is -0.486 e. The lowest BCUT2D eigenvalue weighted by atomic mass is 9.90. The summed E-state index contributed by atoms with van der Waals surface area (Å²) in [5.74, 6) is 0.704. The molecule has 1 aromatic heterocycles. The van der Waals surface area contributed by atoms with Gasteiger partial charge in [0.2, 0.25) is 5.91 Å². The maximum absolute atomic E-state index is 12.8. The van der Waals surface area contributed by atoms with Gasteiger partial charge in [-0.05, 0) is 31.4 Å². The van der Waals surface area contributed by atoms with Gasteiger partial charge in [-0.15, -0.1) is 11.3 Å². The molecule has 0 spiro atoms. The minimum absolute atomic E-state index is 0.00530. The third kappa shape index (κ3) is 9.09. The molecule has 2 amide bonds. The first-order valence-corrected chi connectivity index (χ1v) is 13.8. The van der Waals surface area contributed by atoms with Gasteiger partial charge >= 0.3 is 0 Å². The predicted molar refractivity (Wildman–Crippen MR) is 137 cm³/mol. The monoisotopic (exact) mass is 485 g/mol. The van der Waals surface area contributed by atoms with Gasteiger partial charge in [-0.2, -0.15) is 0 Å². The summed E-state index contributed by atoms with van der Waals surface area (Å²) in [6.07, 6.45) is 12.9. The molecule has 1 heterocycles. The van der Waals surface area contributed by atoms with Crippen LogP contribution in [-0.4, -0.2) is 28.9 Å². The third-order valence-corrected chi connectivity index (χ3v) is 7.15. The summed E-state index contributed by atoms with van der Waals surface area (Å²) in [6, 6.07) is 9.52. The molecule has 1 aliphatic rings. The topological polar surface area (TPSA) is 80.3 Å². The average Bonchev–Trinajstić information content (AvgIpc) is 3.33. The van der Waals surface area contributed by atoms with Crippen molar-refractivity contribution in [2.24, 2.45) is 0 Å². The predicted octanol–water partition coefficient (Wildman–Crippen LogP) is 6.02. The molecule has 2 aromatic rings. The number of benzene rings is 1. The van der Waals surface area contributed by atoms with Gasteiger partial charge in [0.25, 0.3) is 5.91 Å². The van der Waals surface area contributed by atoms with Crippen molar-refractivity contribution in [3.8, 4) is 5.75 Å². The van der Waals surface area contributed by atoms with E-state index in [0.717, 1.165) is 49.3 Å². The molecule has 186 valence electrons. The largest absolute Gasteiger partial charge is 0.486 e. The normalized spacial score (nSPS) is 17.8. The summed E-state index contributed by atoms with van der Waals surface area (Å²) in [4.78, 5) is 29.8. The number of nitrogens with one attached hydrogen (secondary N) is 2. The molecule has 2 atom stereocenters. The van der Waals surface area contributed by atoms with Crippen LogP contribution < -0.4 is 15.4 Å². The fraction of sp³-hybridized carbons (Fsp3) is 0.593. The maximum atomic E-state index is 12.8. The first-order valence-electron chi connectivity index (χ1n) is 12.9. The minimum atomic E-state index is -0.180. The van der Waals surface area contributed by atoms with E-state index in [-0.39, 0.29) is 23.9 Å². The smallest absolute Gasteiger partial charge is 0.271 e. The number of amides is 2. The molecule has 0 bridgehead atoms.